The predicted octanol–water partition coefficient (Wildman–Crippen LogP) is 2.94. The average Bonchev–Trinajstić information content (AvgIpc) is 2.69. The zero-order valence-electron chi connectivity index (χ0n) is 8.91. The highest BCUT2D eigenvalue weighted by molar-refractivity contribution is 9.10. The Morgan fingerprint density at radius 1 is 1.56 bits per heavy atom. The van der Waals surface area contributed by atoms with Crippen LogP contribution in [0, 0.1) is 0 Å². The van der Waals surface area contributed by atoms with Gasteiger partial charge in [-0.15, -0.1) is 0 Å². The maximum Gasteiger partial charge on any atom is 0.340 e. The number of halogens is 1. The molecule has 1 aromatic heterocycles. The maximum absolute atomic E-state index is 11.6. The number of oxazole rings is 1. The molecule has 5 heteroatoms. The van der Waals surface area contributed by atoms with Crippen molar-refractivity contribution < 1.29 is 13.9 Å². The molecule has 0 saturated heterocycles. The molecular formula is C11H10BrNO3. The molecule has 4 nitrogen and oxygen atoms in total. The molecule has 2 aromatic rings. The summed E-state index contributed by atoms with van der Waals surface area (Å²) in [6.07, 6.45) is 0.687. The third kappa shape index (κ3) is 1.82. The molecule has 2 rings (SSSR count). The predicted molar refractivity (Wildman–Crippen MR) is 62.4 cm³/mol. The zero-order chi connectivity index (χ0) is 11.7. The summed E-state index contributed by atoms with van der Waals surface area (Å²) in [5.41, 5.74) is 1.55. The molecule has 0 N–H and O–H groups in total. The van der Waals surface area contributed by atoms with E-state index in [0.29, 0.717) is 29.0 Å². The smallest absolute Gasteiger partial charge is 0.340 e. The van der Waals surface area contributed by atoms with Crippen LogP contribution in [0.5, 0.6) is 0 Å². The standard InChI is InChI=1S/C11H10BrNO3/c1-3-9-13-10-7(11(14)15-2)4-6(12)5-8(10)16-9/h4-5H,3H2,1-2H3. The molecule has 0 spiro atoms. The second-order valence-electron chi connectivity index (χ2n) is 3.25. The van der Waals surface area contributed by atoms with Gasteiger partial charge in [-0.25, -0.2) is 9.78 Å². The van der Waals surface area contributed by atoms with Crippen molar-refractivity contribution in [1.82, 2.24) is 4.98 Å². The van der Waals surface area contributed by atoms with Gasteiger partial charge in [-0.2, -0.15) is 0 Å². The number of rotatable bonds is 2. The van der Waals surface area contributed by atoms with E-state index in [0.717, 1.165) is 4.47 Å². The molecule has 0 fully saturated rings. The normalized spacial score (nSPS) is 10.7. The van der Waals surface area contributed by atoms with Gasteiger partial charge in [-0.05, 0) is 12.1 Å². The zero-order valence-corrected chi connectivity index (χ0v) is 10.5. The number of aromatic nitrogens is 1. The number of esters is 1. The third-order valence-electron chi connectivity index (χ3n) is 2.21. The van der Waals surface area contributed by atoms with Crippen LogP contribution in [0.1, 0.15) is 23.2 Å². The third-order valence-corrected chi connectivity index (χ3v) is 2.67. The quantitative estimate of drug-likeness (QED) is 0.796. The molecule has 0 aliphatic rings. The van der Waals surface area contributed by atoms with E-state index in [1.54, 1.807) is 12.1 Å². The molecule has 0 bridgehead atoms. The highest BCUT2D eigenvalue weighted by atomic mass is 79.9. The highest BCUT2D eigenvalue weighted by Crippen LogP contribution is 2.25. The molecule has 1 heterocycles. The molecule has 16 heavy (non-hydrogen) atoms. The van der Waals surface area contributed by atoms with Crippen LogP contribution in [-0.4, -0.2) is 18.1 Å². The molecule has 0 unspecified atom stereocenters. The van der Waals surface area contributed by atoms with Crippen molar-refractivity contribution in [2.24, 2.45) is 0 Å². The first kappa shape index (κ1) is 11.1. The fourth-order valence-corrected chi connectivity index (χ4v) is 1.90. The minimum atomic E-state index is -0.415. The van der Waals surface area contributed by atoms with Crippen molar-refractivity contribution in [3.8, 4) is 0 Å². The van der Waals surface area contributed by atoms with Crippen molar-refractivity contribution in [2.45, 2.75) is 13.3 Å². The van der Waals surface area contributed by atoms with Crippen LogP contribution in [0.2, 0.25) is 0 Å². The summed E-state index contributed by atoms with van der Waals surface area (Å²) in [6, 6.07) is 3.46. The molecule has 84 valence electrons. The van der Waals surface area contributed by atoms with Gasteiger partial charge in [0.2, 0.25) is 0 Å². The Morgan fingerprint density at radius 2 is 2.31 bits per heavy atom. The van der Waals surface area contributed by atoms with E-state index in [4.69, 9.17) is 9.15 Å². The first-order valence-corrected chi connectivity index (χ1v) is 5.62. The second kappa shape index (κ2) is 4.25. The molecule has 0 radical (unpaired) electrons. The number of hydrogen-bond acceptors (Lipinski definition) is 4. The molecule has 0 aliphatic heterocycles. The van der Waals surface area contributed by atoms with Gasteiger partial charge in [-0.1, -0.05) is 22.9 Å². The number of carbonyl (C=O) groups excluding carboxylic acids is 1. The lowest BCUT2D eigenvalue weighted by atomic mass is 10.2. The van der Waals surface area contributed by atoms with Crippen LogP contribution < -0.4 is 0 Å². The summed E-state index contributed by atoms with van der Waals surface area (Å²) in [5, 5.41) is 0. The molecule has 0 aliphatic carbocycles. The van der Waals surface area contributed by atoms with E-state index in [1.807, 2.05) is 6.92 Å². The summed E-state index contributed by atoms with van der Waals surface area (Å²) >= 11 is 3.32. The number of hydrogen-bond donors (Lipinski definition) is 0. The first-order chi connectivity index (χ1) is 7.65. The summed E-state index contributed by atoms with van der Waals surface area (Å²) in [7, 11) is 1.34. The minimum absolute atomic E-state index is 0.412. The van der Waals surface area contributed by atoms with Gasteiger partial charge >= 0.3 is 5.97 Å². The monoisotopic (exact) mass is 283 g/mol. The van der Waals surface area contributed by atoms with E-state index in [-0.39, 0.29) is 0 Å². The lowest BCUT2D eigenvalue weighted by molar-refractivity contribution is 0.0602. The summed E-state index contributed by atoms with van der Waals surface area (Å²) in [5.74, 6) is 0.195. The lowest BCUT2D eigenvalue weighted by Crippen LogP contribution is -2.02. The highest BCUT2D eigenvalue weighted by Gasteiger charge is 2.16. The van der Waals surface area contributed by atoms with E-state index in [9.17, 15) is 4.79 Å². The van der Waals surface area contributed by atoms with E-state index >= 15 is 0 Å². The van der Waals surface area contributed by atoms with Gasteiger partial charge in [0, 0.05) is 10.9 Å². The summed E-state index contributed by atoms with van der Waals surface area (Å²) in [6.45, 7) is 1.94. The number of aryl methyl sites for hydroxylation is 1. The number of methoxy groups -OCH3 is 1. The number of benzene rings is 1. The van der Waals surface area contributed by atoms with Crippen LogP contribution >= 0.6 is 15.9 Å². The van der Waals surface area contributed by atoms with Crippen molar-refractivity contribution >= 4 is 33.0 Å². The van der Waals surface area contributed by atoms with Gasteiger partial charge in [0.05, 0.1) is 12.7 Å². The Morgan fingerprint density at radius 3 is 2.94 bits per heavy atom. The minimum Gasteiger partial charge on any atom is -0.465 e. The van der Waals surface area contributed by atoms with Crippen LogP contribution in [0.3, 0.4) is 0 Å². The first-order valence-electron chi connectivity index (χ1n) is 4.83. The number of fused-ring (bicyclic) bond motifs is 1. The second-order valence-corrected chi connectivity index (χ2v) is 4.17. The summed E-state index contributed by atoms with van der Waals surface area (Å²) < 4.78 is 10.9. The van der Waals surface area contributed by atoms with Gasteiger partial charge in [-0.3, -0.25) is 0 Å². The van der Waals surface area contributed by atoms with Crippen molar-refractivity contribution in [2.75, 3.05) is 7.11 Å². The largest absolute Gasteiger partial charge is 0.465 e. The van der Waals surface area contributed by atoms with Crippen molar-refractivity contribution in [1.29, 1.82) is 0 Å². The van der Waals surface area contributed by atoms with E-state index in [2.05, 4.69) is 20.9 Å². The number of carbonyl (C=O) groups is 1. The average molecular weight is 284 g/mol. The molecule has 1 aromatic carbocycles. The van der Waals surface area contributed by atoms with Gasteiger partial charge in [0.1, 0.15) is 5.52 Å². The number of ether oxygens (including phenoxy) is 1. The van der Waals surface area contributed by atoms with Gasteiger partial charge in [0.15, 0.2) is 11.5 Å². The Kier molecular flexibility index (Phi) is 2.96. The Balaban J connectivity index is 2.70. The topological polar surface area (TPSA) is 52.3 Å². The molecule has 0 amide bonds. The van der Waals surface area contributed by atoms with Gasteiger partial charge < -0.3 is 9.15 Å². The van der Waals surface area contributed by atoms with Crippen LogP contribution in [0.25, 0.3) is 11.1 Å². The fourth-order valence-electron chi connectivity index (χ4n) is 1.46. The Labute approximate surface area is 101 Å². The summed E-state index contributed by atoms with van der Waals surface area (Å²) in [4.78, 5) is 15.8. The Bertz CT molecular complexity index is 547. The Hall–Kier alpha value is -1.36. The van der Waals surface area contributed by atoms with Gasteiger partial charge in [0.25, 0.3) is 0 Å². The SMILES string of the molecule is CCc1nc2c(C(=O)OC)cc(Br)cc2o1. The van der Waals surface area contributed by atoms with E-state index in [1.165, 1.54) is 7.11 Å². The molecule has 0 saturated carbocycles. The van der Waals surface area contributed by atoms with E-state index < -0.39 is 5.97 Å². The van der Waals surface area contributed by atoms with Crippen molar-refractivity contribution in [3.05, 3.63) is 28.1 Å². The number of nitrogens with zero attached hydrogens (tertiary/aromatic N) is 1. The lowest BCUT2D eigenvalue weighted by Gasteiger charge is -1.99. The fraction of sp³-hybridized carbons (Fsp3) is 0.273. The van der Waals surface area contributed by atoms with Crippen LogP contribution in [-0.2, 0) is 11.2 Å². The maximum atomic E-state index is 11.6. The van der Waals surface area contributed by atoms with Crippen molar-refractivity contribution in [3.63, 3.8) is 0 Å². The molecular weight excluding hydrogens is 274 g/mol. The van der Waals surface area contributed by atoms with Crippen LogP contribution in [0.4, 0.5) is 0 Å². The van der Waals surface area contributed by atoms with Crippen LogP contribution in [0.15, 0.2) is 21.0 Å². The molecule has 0 atom stereocenters.